The Labute approximate surface area is 170 Å². The summed E-state index contributed by atoms with van der Waals surface area (Å²) in [7, 11) is 3.14. The van der Waals surface area contributed by atoms with Crippen molar-refractivity contribution in [2.45, 2.75) is 43.6 Å². The van der Waals surface area contributed by atoms with Crippen LogP contribution in [0.1, 0.15) is 17.4 Å². The number of hydrogen-bond acceptors (Lipinski definition) is 7. The number of methoxy groups -OCH3 is 2. The maximum atomic E-state index is 11.0. The van der Waals surface area contributed by atoms with E-state index in [-0.39, 0.29) is 6.61 Å². The largest absolute Gasteiger partial charge is 0.497 e. The highest BCUT2D eigenvalue weighted by molar-refractivity contribution is 5.28. The Morgan fingerprint density at radius 2 is 1.76 bits per heavy atom. The number of aliphatic hydroxyl groups excluding tert-OH is 1. The number of benzene rings is 2. The van der Waals surface area contributed by atoms with Gasteiger partial charge in [0.25, 0.3) is 0 Å². The molecule has 6 atom stereocenters. The Hall–Kier alpha value is -2.00. The predicted octanol–water partition coefficient (Wildman–Crippen LogP) is 2.43. The van der Waals surface area contributed by atoms with E-state index >= 15 is 0 Å². The number of ether oxygens (including phenoxy) is 6. The molecular formula is C22H26O7. The van der Waals surface area contributed by atoms with Crippen molar-refractivity contribution >= 4 is 0 Å². The van der Waals surface area contributed by atoms with Gasteiger partial charge < -0.3 is 33.5 Å². The van der Waals surface area contributed by atoms with E-state index in [9.17, 15) is 5.11 Å². The van der Waals surface area contributed by atoms with Gasteiger partial charge in [0.2, 0.25) is 0 Å². The summed E-state index contributed by atoms with van der Waals surface area (Å²) < 4.78 is 34.4. The van der Waals surface area contributed by atoms with E-state index in [1.165, 1.54) is 7.11 Å². The lowest BCUT2D eigenvalue weighted by atomic mass is 9.97. The Balaban J connectivity index is 1.45. The minimum atomic E-state index is -0.924. The molecular weight excluding hydrogens is 376 g/mol. The molecule has 0 radical (unpaired) electrons. The lowest BCUT2D eigenvalue weighted by Gasteiger charge is -2.47. The first-order valence-corrected chi connectivity index (χ1v) is 9.62. The van der Waals surface area contributed by atoms with Gasteiger partial charge in [-0.3, -0.25) is 0 Å². The Morgan fingerprint density at radius 1 is 1.00 bits per heavy atom. The third-order valence-electron chi connectivity index (χ3n) is 5.21. The maximum absolute atomic E-state index is 11.0. The lowest BCUT2D eigenvalue weighted by Crippen LogP contribution is -2.62. The predicted molar refractivity (Wildman–Crippen MR) is 103 cm³/mol. The number of fused-ring (bicyclic) bond motifs is 1. The Morgan fingerprint density at radius 3 is 2.45 bits per heavy atom. The zero-order valence-corrected chi connectivity index (χ0v) is 16.5. The second kappa shape index (κ2) is 9.21. The molecule has 1 N–H and O–H groups in total. The van der Waals surface area contributed by atoms with Crippen LogP contribution in [0.25, 0.3) is 0 Å². The minimum Gasteiger partial charge on any atom is -0.497 e. The van der Waals surface area contributed by atoms with Crippen LogP contribution in [0.2, 0.25) is 0 Å². The summed E-state index contributed by atoms with van der Waals surface area (Å²) in [6.07, 6.45) is -3.96. The van der Waals surface area contributed by atoms with E-state index in [2.05, 4.69) is 0 Å². The highest BCUT2D eigenvalue weighted by Crippen LogP contribution is 2.35. The van der Waals surface area contributed by atoms with Gasteiger partial charge in [0.05, 0.1) is 20.3 Å². The summed E-state index contributed by atoms with van der Waals surface area (Å²) in [6.45, 7) is 0.616. The first-order chi connectivity index (χ1) is 14.2. The zero-order valence-electron chi connectivity index (χ0n) is 16.5. The molecule has 0 saturated carbocycles. The zero-order chi connectivity index (χ0) is 20.2. The molecule has 0 aromatic heterocycles. The molecule has 7 heteroatoms. The fraction of sp³-hybridized carbons (Fsp3) is 0.455. The molecule has 2 fully saturated rings. The van der Waals surface area contributed by atoms with Gasteiger partial charge in [-0.1, -0.05) is 42.5 Å². The van der Waals surface area contributed by atoms with Crippen LogP contribution in [0.3, 0.4) is 0 Å². The topological polar surface area (TPSA) is 75.6 Å². The van der Waals surface area contributed by atoms with Gasteiger partial charge in [-0.2, -0.15) is 0 Å². The highest BCUT2D eigenvalue weighted by Gasteiger charge is 2.50. The summed E-state index contributed by atoms with van der Waals surface area (Å²) in [5.74, 6) is 0.751. The molecule has 2 saturated heterocycles. The van der Waals surface area contributed by atoms with Crippen molar-refractivity contribution in [2.24, 2.45) is 0 Å². The monoisotopic (exact) mass is 402 g/mol. The van der Waals surface area contributed by atoms with Gasteiger partial charge >= 0.3 is 0 Å². The fourth-order valence-corrected chi connectivity index (χ4v) is 3.63. The third kappa shape index (κ3) is 4.45. The standard InChI is InChI=1S/C22H26O7/c1-24-16-10-8-15(9-11-16)21-27-13-17-19(29-21)18(23)20(22(25-2)28-17)26-12-14-6-4-3-5-7-14/h3-11,17-23H,12-13H2,1-2H3/t17-,18-,19+,20-,21-,22+/m0/s1. The van der Waals surface area contributed by atoms with Crippen molar-refractivity contribution in [2.75, 3.05) is 20.8 Å². The number of rotatable bonds is 6. The van der Waals surface area contributed by atoms with E-state index in [4.69, 9.17) is 28.4 Å². The first kappa shape index (κ1) is 20.3. The summed E-state index contributed by atoms with van der Waals surface area (Å²) >= 11 is 0. The molecule has 0 spiro atoms. The molecule has 2 aliphatic heterocycles. The van der Waals surface area contributed by atoms with Crippen LogP contribution in [0.4, 0.5) is 0 Å². The molecule has 0 unspecified atom stereocenters. The van der Waals surface area contributed by atoms with E-state index in [1.54, 1.807) is 7.11 Å². The molecule has 2 aliphatic rings. The molecule has 7 nitrogen and oxygen atoms in total. The number of aliphatic hydroxyl groups is 1. The first-order valence-electron chi connectivity index (χ1n) is 9.62. The molecule has 0 bridgehead atoms. The van der Waals surface area contributed by atoms with Crippen LogP contribution >= 0.6 is 0 Å². The van der Waals surface area contributed by atoms with Crippen LogP contribution in [-0.4, -0.2) is 56.6 Å². The number of hydrogen-bond donors (Lipinski definition) is 1. The van der Waals surface area contributed by atoms with Gasteiger partial charge in [0, 0.05) is 12.7 Å². The van der Waals surface area contributed by atoms with Crippen LogP contribution in [0.15, 0.2) is 54.6 Å². The van der Waals surface area contributed by atoms with E-state index < -0.39 is 37.0 Å². The van der Waals surface area contributed by atoms with Crippen LogP contribution in [0, 0.1) is 0 Å². The van der Waals surface area contributed by atoms with Crippen molar-refractivity contribution in [1.29, 1.82) is 0 Å². The summed E-state index contributed by atoms with van der Waals surface area (Å²) in [6, 6.07) is 17.2. The van der Waals surface area contributed by atoms with Gasteiger partial charge in [-0.05, 0) is 17.7 Å². The second-order valence-corrected chi connectivity index (χ2v) is 7.07. The Kier molecular flexibility index (Phi) is 6.44. The molecule has 0 amide bonds. The van der Waals surface area contributed by atoms with Crippen LogP contribution < -0.4 is 4.74 Å². The van der Waals surface area contributed by atoms with Gasteiger partial charge in [-0.25, -0.2) is 0 Å². The molecule has 0 aliphatic carbocycles. The normalized spacial score (nSPS) is 31.8. The van der Waals surface area contributed by atoms with Gasteiger partial charge in [0.15, 0.2) is 12.6 Å². The lowest BCUT2D eigenvalue weighted by molar-refractivity contribution is -0.363. The van der Waals surface area contributed by atoms with E-state index in [0.29, 0.717) is 6.61 Å². The van der Waals surface area contributed by atoms with Crippen LogP contribution in [0.5, 0.6) is 5.75 Å². The van der Waals surface area contributed by atoms with Gasteiger partial charge in [-0.15, -0.1) is 0 Å². The Bertz CT molecular complexity index is 766. The smallest absolute Gasteiger partial charge is 0.186 e. The third-order valence-corrected chi connectivity index (χ3v) is 5.21. The molecule has 156 valence electrons. The quantitative estimate of drug-likeness (QED) is 0.795. The molecule has 2 heterocycles. The summed E-state index contributed by atoms with van der Waals surface area (Å²) in [5.41, 5.74) is 1.84. The molecule has 2 aromatic rings. The fourth-order valence-electron chi connectivity index (χ4n) is 3.63. The molecule has 4 rings (SSSR count). The maximum Gasteiger partial charge on any atom is 0.186 e. The van der Waals surface area contributed by atoms with Crippen molar-refractivity contribution < 1.29 is 33.5 Å². The molecule has 29 heavy (non-hydrogen) atoms. The van der Waals surface area contributed by atoms with Crippen LogP contribution in [-0.2, 0) is 30.3 Å². The second-order valence-electron chi connectivity index (χ2n) is 7.07. The average molecular weight is 402 g/mol. The van der Waals surface area contributed by atoms with E-state index in [0.717, 1.165) is 16.9 Å². The average Bonchev–Trinajstić information content (AvgIpc) is 2.79. The van der Waals surface area contributed by atoms with Gasteiger partial charge in [0.1, 0.15) is 30.2 Å². The van der Waals surface area contributed by atoms with Crippen molar-refractivity contribution in [3.05, 3.63) is 65.7 Å². The van der Waals surface area contributed by atoms with Crippen molar-refractivity contribution in [1.82, 2.24) is 0 Å². The van der Waals surface area contributed by atoms with E-state index in [1.807, 2.05) is 54.6 Å². The minimum absolute atomic E-state index is 0.281. The summed E-state index contributed by atoms with van der Waals surface area (Å²) in [4.78, 5) is 0. The molecule has 2 aromatic carbocycles. The highest BCUT2D eigenvalue weighted by atomic mass is 16.8. The van der Waals surface area contributed by atoms with Crippen molar-refractivity contribution in [3.8, 4) is 5.75 Å². The van der Waals surface area contributed by atoms with Crippen molar-refractivity contribution in [3.63, 3.8) is 0 Å². The summed E-state index contributed by atoms with van der Waals surface area (Å²) in [5, 5.41) is 11.0. The SMILES string of the molecule is COc1ccc([C@H]2OC[C@@H]3O[C@@H](OC)[C@@H](OCc4ccccc4)[C@@H](O)[C@@H]3O2)cc1.